The number of carboxylic acid groups (broad SMARTS) is 1. The number of alkyl halides is 3. The number of aliphatic carboxylic acids is 1. The third-order valence-corrected chi connectivity index (χ3v) is 5.74. The molecule has 9 heteroatoms. The van der Waals surface area contributed by atoms with Crippen molar-refractivity contribution in [3.8, 4) is 0 Å². The van der Waals surface area contributed by atoms with Gasteiger partial charge >= 0.3 is 12.1 Å². The molecular formula is C26H29F3N2O4. The number of hydrogen-bond acceptors (Lipinski definition) is 5. The highest BCUT2D eigenvalue weighted by molar-refractivity contribution is 5.73. The number of carboxylic acids is 1. The summed E-state index contributed by atoms with van der Waals surface area (Å²) < 4.78 is 42.7. The molecule has 2 N–H and O–H groups in total. The summed E-state index contributed by atoms with van der Waals surface area (Å²) in [6, 6.07) is 24.0. The van der Waals surface area contributed by atoms with E-state index < -0.39 is 12.1 Å². The molecule has 0 bridgehead atoms. The van der Waals surface area contributed by atoms with E-state index in [0.29, 0.717) is 0 Å². The number of hydrogen-bond donors (Lipinski definition) is 2. The predicted molar refractivity (Wildman–Crippen MR) is 125 cm³/mol. The number of nitrogens with zero attached hydrogens (tertiary/aromatic N) is 1. The molecule has 3 unspecified atom stereocenters. The quantitative estimate of drug-likeness (QED) is 0.483. The van der Waals surface area contributed by atoms with E-state index in [1.165, 1.54) is 11.1 Å². The Balaban J connectivity index is 0.000000429. The zero-order valence-electron chi connectivity index (χ0n) is 19.3. The fraction of sp³-hybridized carbons (Fsp3) is 0.346. The number of rotatable bonds is 7. The lowest BCUT2D eigenvalue weighted by Gasteiger charge is -2.39. The van der Waals surface area contributed by atoms with Crippen LogP contribution in [0.4, 0.5) is 13.2 Å². The fourth-order valence-electron chi connectivity index (χ4n) is 4.15. The van der Waals surface area contributed by atoms with Crippen LogP contribution in [0.2, 0.25) is 0 Å². The van der Waals surface area contributed by atoms with Gasteiger partial charge in [0, 0.05) is 24.7 Å². The second-order valence-corrected chi connectivity index (χ2v) is 8.16. The standard InChI is InChI=1S/C24H28N2O2.C2HF3O2/c1-19(24(21-10-6-3-7-11-21)26-13-16-27-17-14-26)25-23(22-12-15-28-18-22)20-8-4-2-5-9-20;3-2(4,5)1(6)7/h2-12,15,18-19,23-25H,13-14,16-17H2,1H3;(H,6,7). The molecule has 6 nitrogen and oxygen atoms in total. The van der Waals surface area contributed by atoms with E-state index >= 15 is 0 Å². The third kappa shape index (κ3) is 7.68. The summed E-state index contributed by atoms with van der Waals surface area (Å²) >= 11 is 0. The van der Waals surface area contributed by atoms with Gasteiger partial charge in [0.15, 0.2) is 0 Å². The molecule has 3 aromatic rings. The lowest BCUT2D eigenvalue weighted by molar-refractivity contribution is -0.192. The summed E-state index contributed by atoms with van der Waals surface area (Å²) in [5.74, 6) is -2.76. The normalized spacial score (nSPS) is 17.0. The summed E-state index contributed by atoms with van der Waals surface area (Å²) in [6.07, 6.45) is -1.50. The Kier molecular flexibility index (Phi) is 9.47. The molecule has 0 radical (unpaired) electrons. The third-order valence-electron chi connectivity index (χ3n) is 5.74. The molecule has 0 spiro atoms. The van der Waals surface area contributed by atoms with Crippen molar-refractivity contribution >= 4 is 5.97 Å². The zero-order chi connectivity index (χ0) is 25.3. The van der Waals surface area contributed by atoms with Gasteiger partial charge in [-0.2, -0.15) is 13.2 Å². The van der Waals surface area contributed by atoms with Crippen molar-refractivity contribution in [1.82, 2.24) is 10.2 Å². The highest BCUT2D eigenvalue weighted by Gasteiger charge is 2.38. The molecule has 35 heavy (non-hydrogen) atoms. The average Bonchev–Trinajstić information content (AvgIpc) is 3.39. The number of morpholine rings is 1. The molecule has 188 valence electrons. The van der Waals surface area contributed by atoms with Crippen molar-refractivity contribution in [1.29, 1.82) is 0 Å². The second-order valence-electron chi connectivity index (χ2n) is 8.16. The highest BCUT2D eigenvalue weighted by Crippen LogP contribution is 2.29. The molecule has 4 rings (SSSR count). The number of benzene rings is 2. The molecule has 0 amide bonds. The van der Waals surface area contributed by atoms with Crippen molar-refractivity contribution < 1.29 is 32.2 Å². The topological polar surface area (TPSA) is 74.9 Å². The van der Waals surface area contributed by atoms with Gasteiger partial charge in [-0.3, -0.25) is 4.90 Å². The number of nitrogens with one attached hydrogen (secondary N) is 1. The molecule has 2 heterocycles. The van der Waals surface area contributed by atoms with Crippen LogP contribution in [0, 0.1) is 0 Å². The van der Waals surface area contributed by atoms with Gasteiger partial charge in [-0.1, -0.05) is 60.7 Å². The first kappa shape index (κ1) is 26.5. The summed E-state index contributed by atoms with van der Waals surface area (Å²) in [5, 5.41) is 11.0. The van der Waals surface area contributed by atoms with Gasteiger partial charge in [0.1, 0.15) is 0 Å². The first-order valence-electron chi connectivity index (χ1n) is 11.3. The van der Waals surface area contributed by atoms with Gasteiger partial charge in [-0.05, 0) is 24.1 Å². The van der Waals surface area contributed by atoms with Crippen LogP contribution in [0.1, 0.15) is 35.7 Å². The van der Waals surface area contributed by atoms with E-state index in [1.54, 1.807) is 6.26 Å². The summed E-state index contributed by atoms with van der Waals surface area (Å²) in [4.78, 5) is 11.4. The lowest BCUT2D eigenvalue weighted by Crippen LogP contribution is -2.47. The van der Waals surface area contributed by atoms with E-state index in [1.807, 2.05) is 12.3 Å². The predicted octanol–water partition coefficient (Wildman–Crippen LogP) is 5.05. The van der Waals surface area contributed by atoms with Crippen LogP contribution in [-0.4, -0.2) is 54.5 Å². The molecule has 1 aliphatic heterocycles. The van der Waals surface area contributed by atoms with Gasteiger partial charge in [-0.15, -0.1) is 0 Å². The van der Waals surface area contributed by atoms with Crippen molar-refractivity contribution in [2.75, 3.05) is 26.3 Å². The van der Waals surface area contributed by atoms with Crippen LogP contribution in [0.15, 0.2) is 83.7 Å². The average molecular weight is 491 g/mol. The van der Waals surface area contributed by atoms with Gasteiger partial charge in [0.25, 0.3) is 0 Å². The maximum atomic E-state index is 10.6. The molecule has 1 aromatic heterocycles. The van der Waals surface area contributed by atoms with Crippen LogP contribution in [-0.2, 0) is 9.53 Å². The van der Waals surface area contributed by atoms with Crippen molar-refractivity contribution in [2.24, 2.45) is 0 Å². The Bertz CT molecular complexity index is 1010. The summed E-state index contributed by atoms with van der Waals surface area (Å²) in [6.45, 7) is 5.77. The molecule has 0 saturated carbocycles. The second kappa shape index (κ2) is 12.5. The minimum atomic E-state index is -5.08. The monoisotopic (exact) mass is 490 g/mol. The highest BCUT2D eigenvalue weighted by atomic mass is 19.4. The van der Waals surface area contributed by atoms with E-state index in [-0.39, 0.29) is 18.1 Å². The SMILES string of the molecule is CC(NC(c1ccccc1)c1ccoc1)C(c1ccccc1)N1CCOCC1.O=C(O)C(F)(F)F. The number of furan rings is 1. The van der Waals surface area contributed by atoms with Crippen LogP contribution >= 0.6 is 0 Å². The van der Waals surface area contributed by atoms with Gasteiger partial charge in [-0.25, -0.2) is 4.79 Å². The van der Waals surface area contributed by atoms with E-state index in [0.717, 1.165) is 31.9 Å². The molecule has 1 aliphatic rings. The van der Waals surface area contributed by atoms with Crippen molar-refractivity contribution in [2.45, 2.75) is 31.2 Å². The van der Waals surface area contributed by atoms with Gasteiger partial charge in [0.2, 0.25) is 0 Å². The maximum absolute atomic E-state index is 10.6. The number of halogens is 3. The largest absolute Gasteiger partial charge is 0.490 e. The maximum Gasteiger partial charge on any atom is 0.490 e. The lowest BCUT2D eigenvalue weighted by atomic mass is 9.94. The molecule has 1 saturated heterocycles. The Labute approximate surface area is 202 Å². The van der Waals surface area contributed by atoms with E-state index in [9.17, 15) is 13.2 Å². The van der Waals surface area contributed by atoms with Crippen LogP contribution in [0.3, 0.4) is 0 Å². The summed E-state index contributed by atoms with van der Waals surface area (Å²) in [5.41, 5.74) is 3.72. The Morgan fingerprint density at radius 2 is 1.49 bits per heavy atom. The van der Waals surface area contributed by atoms with Crippen LogP contribution in [0.25, 0.3) is 0 Å². The van der Waals surface area contributed by atoms with Crippen molar-refractivity contribution in [3.63, 3.8) is 0 Å². The Morgan fingerprint density at radius 1 is 0.943 bits per heavy atom. The minimum absolute atomic E-state index is 0.0854. The Morgan fingerprint density at radius 3 is 1.97 bits per heavy atom. The number of carbonyl (C=O) groups is 1. The zero-order valence-corrected chi connectivity index (χ0v) is 19.3. The van der Waals surface area contributed by atoms with Crippen LogP contribution in [0.5, 0.6) is 0 Å². The van der Waals surface area contributed by atoms with Crippen molar-refractivity contribution in [3.05, 3.63) is 95.9 Å². The molecule has 2 aromatic carbocycles. The van der Waals surface area contributed by atoms with Gasteiger partial charge < -0.3 is 19.6 Å². The molecule has 0 aliphatic carbocycles. The van der Waals surface area contributed by atoms with E-state index in [4.69, 9.17) is 19.1 Å². The van der Waals surface area contributed by atoms with Gasteiger partial charge in [0.05, 0.1) is 37.8 Å². The number of ether oxygens (including phenoxy) is 1. The minimum Gasteiger partial charge on any atom is -0.475 e. The smallest absolute Gasteiger partial charge is 0.475 e. The fourth-order valence-corrected chi connectivity index (χ4v) is 4.15. The van der Waals surface area contributed by atoms with E-state index in [2.05, 4.69) is 77.8 Å². The molecule has 3 atom stereocenters. The first-order valence-corrected chi connectivity index (χ1v) is 11.3. The Hall–Kier alpha value is -3.14. The molecule has 1 fully saturated rings. The van der Waals surface area contributed by atoms with Crippen LogP contribution < -0.4 is 5.32 Å². The summed E-state index contributed by atoms with van der Waals surface area (Å²) in [7, 11) is 0. The first-order chi connectivity index (χ1) is 16.8. The molecular weight excluding hydrogens is 461 g/mol.